The van der Waals surface area contributed by atoms with Gasteiger partial charge in [0.2, 0.25) is 5.91 Å². The molecule has 2 aromatic carbocycles. The molecule has 0 aliphatic carbocycles. The maximum absolute atomic E-state index is 13.8. The Morgan fingerprint density at radius 2 is 1.96 bits per heavy atom. The summed E-state index contributed by atoms with van der Waals surface area (Å²) in [5.74, 6) is -1.18. The number of anilines is 1. The average molecular weight is 356 g/mol. The molecule has 2 amide bonds. The number of methoxy groups -OCH3 is 1. The fourth-order valence-corrected chi connectivity index (χ4v) is 3.01. The van der Waals surface area contributed by atoms with Gasteiger partial charge in [-0.2, -0.15) is 0 Å². The lowest BCUT2D eigenvalue weighted by atomic mass is 10.1. The predicted molar refractivity (Wildman–Crippen MR) is 97.1 cm³/mol. The maximum Gasteiger partial charge on any atom is 0.252 e. The Balaban J connectivity index is 1.71. The molecule has 2 aromatic rings. The molecular formula is C20H21FN2O3. The Morgan fingerprint density at radius 1 is 1.19 bits per heavy atom. The Labute approximate surface area is 151 Å². The van der Waals surface area contributed by atoms with Crippen LogP contribution in [0.1, 0.15) is 27.9 Å². The van der Waals surface area contributed by atoms with Crippen LogP contribution >= 0.6 is 0 Å². The number of halogens is 1. The number of amides is 2. The van der Waals surface area contributed by atoms with Crippen LogP contribution in [0.5, 0.6) is 5.75 Å². The van der Waals surface area contributed by atoms with E-state index in [1.165, 1.54) is 19.2 Å². The molecule has 1 fully saturated rings. The second kappa shape index (κ2) is 7.15. The first-order valence-corrected chi connectivity index (χ1v) is 8.43. The molecule has 0 unspecified atom stereocenters. The zero-order chi connectivity index (χ0) is 18.8. The van der Waals surface area contributed by atoms with Crippen molar-refractivity contribution < 1.29 is 18.7 Å². The molecule has 0 radical (unpaired) electrons. The summed E-state index contributed by atoms with van der Waals surface area (Å²) in [7, 11) is 1.36. The highest BCUT2D eigenvalue weighted by atomic mass is 19.1. The van der Waals surface area contributed by atoms with E-state index in [1.54, 1.807) is 4.90 Å². The molecule has 1 aliphatic heterocycles. The quantitative estimate of drug-likeness (QED) is 0.916. The second-order valence-corrected chi connectivity index (χ2v) is 6.42. The van der Waals surface area contributed by atoms with Gasteiger partial charge in [-0.15, -0.1) is 0 Å². The van der Waals surface area contributed by atoms with Crippen LogP contribution in [0.3, 0.4) is 0 Å². The molecule has 1 N–H and O–H groups in total. The molecule has 0 saturated carbocycles. The SMILES string of the molecule is COc1ccc(C(=O)N[C@H]2CCN(c3ccc(C)c(C)c3)C2=O)cc1F. The molecule has 1 saturated heterocycles. The first-order valence-electron chi connectivity index (χ1n) is 8.43. The Morgan fingerprint density at radius 3 is 2.62 bits per heavy atom. The van der Waals surface area contributed by atoms with Crippen LogP contribution in [-0.2, 0) is 4.79 Å². The topological polar surface area (TPSA) is 58.6 Å². The minimum atomic E-state index is -0.616. The van der Waals surface area contributed by atoms with Crippen molar-refractivity contribution in [1.29, 1.82) is 0 Å². The fraction of sp³-hybridized carbons (Fsp3) is 0.300. The van der Waals surface area contributed by atoms with Gasteiger partial charge in [-0.1, -0.05) is 6.07 Å². The van der Waals surface area contributed by atoms with E-state index in [1.807, 2.05) is 32.0 Å². The van der Waals surface area contributed by atoms with E-state index in [9.17, 15) is 14.0 Å². The number of carbonyl (C=O) groups excluding carboxylic acids is 2. The van der Waals surface area contributed by atoms with Crippen LogP contribution in [-0.4, -0.2) is 31.5 Å². The van der Waals surface area contributed by atoms with Crippen LogP contribution in [0.2, 0.25) is 0 Å². The Bertz CT molecular complexity index is 866. The molecule has 0 bridgehead atoms. The second-order valence-electron chi connectivity index (χ2n) is 6.42. The van der Waals surface area contributed by atoms with Gasteiger partial charge in [-0.05, 0) is 61.7 Å². The number of nitrogens with zero attached hydrogens (tertiary/aromatic N) is 1. The van der Waals surface area contributed by atoms with Gasteiger partial charge >= 0.3 is 0 Å². The van der Waals surface area contributed by atoms with Gasteiger partial charge in [0, 0.05) is 17.8 Å². The third kappa shape index (κ3) is 3.40. The van der Waals surface area contributed by atoms with Gasteiger partial charge in [0.25, 0.3) is 5.91 Å². The average Bonchev–Trinajstić information content (AvgIpc) is 2.98. The summed E-state index contributed by atoms with van der Waals surface area (Å²) in [6.07, 6.45) is 0.510. The number of nitrogens with one attached hydrogen (secondary N) is 1. The van der Waals surface area contributed by atoms with E-state index in [0.717, 1.165) is 22.9 Å². The molecule has 1 heterocycles. The smallest absolute Gasteiger partial charge is 0.252 e. The lowest BCUT2D eigenvalue weighted by Crippen LogP contribution is -2.41. The molecule has 1 atom stereocenters. The third-order valence-corrected chi connectivity index (χ3v) is 4.73. The Kier molecular flexibility index (Phi) is 4.93. The lowest BCUT2D eigenvalue weighted by molar-refractivity contribution is -0.118. The van der Waals surface area contributed by atoms with Gasteiger partial charge in [0.1, 0.15) is 6.04 Å². The highest BCUT2D eigenvalue weighted by Crippen LogP contribution is 2.24. The van der Waals surface area contributed by atoms with E-state index in [2.05, 4.69) is 5.32 Å². The van der Waals surface area contributed by atoms with Crippen molar-refractivity contribution in [3.63, 3.8) is 0 Å². The standard InChI is InChI=1S/C20H21FN2O3/c1-12-4-6-15(10-13(12)2)23-9-8-17(20(23)25)22-19(24)14-5-7-18(26-3)16(21)11-14/h4-7,10-11,17H,8-9H2,1-3H3,(H,22,24)/t17-/m0/s1. The molecule has 136 valence electrons. The zero-order valence-electron chi connectivity index (χ0n) is 15.0. The number of ether oxygens (including phenoxy) is 1. The molecular weight excluding hydrogens is 335 g/mol. The maximum atomic E-state index is 13.8. The number of aryl methyl sites for hydroxylation is 2. The summed E-state index contributed by atoms with van der Waals surface area (Å²) in [4.78, 5) is 26.7. The molecule has 0 aromatic heterocycles. The summed E-state index contributed by atoms with van der Waals surface area (Å²) in [5.41, 5.74) is 3.24. The predicted octanol–water partition coefficient (Wildman–Crippen LogP) is 2.99. The van der Waals surface area contributed by atoms with Crippen molar-refractivity contribution in [2.45, 2.75) is 26.3 Å². The zero-order valence-corrected chi connectivity index (χ0v) is 15.0. The molecule has 1 aliphatic rings. The van der Waals surface area contributed by atoms with Crippen LogP contribution in [0.15, 0.2) is 36.4 Å². The number of hydrogen-bond donors (Lipinski definition) is 1. The highest BCUT2D eigenvalue weighted by Gasteiger charge is 2.34. The largest absolute Gasteiger partial charge is 0.494 e. The van der Waals surface area contributed by atoms with E-state index in [0.29, 0.717) is 13.0 Å². The number of carbonyl (C=O) groups is 2. The number of hydrogen-bond acceptors (Lipinski definition) is 3. The Hall–Kier alpha value is -2.89. The normalized spacial score (nSPS) is 16.7. The number of rotatable bonds is 4. The van der Waals surface area contributed by atoms with E-state index in [-0.39, 0.29) is 17.2 Å². The van der Waals surface area contributed by atoms with Crippen LogP contribution in [0.4, 0.5) is 10.1 Å². The van der Waals surface area contributed by atoms with Crippen molar-refractivity contribution in [2.24, 2.45) is 0 Å². The first-order chi connectivity index (χ1) is 12.4. The molecule has 0 spiro atoms. The van der Waals surface area contributed by atoms with Crippen LogP contribution in [0.25, 0.3) is 0 Å². The minimum absolute atomic E-state index is 0.0689. The van der Waals surface area contributed by atoms with Crippen molar-refractivity contribution in [1.82, 2.24) is 5.32 Å². The summed E-state index contributed by atoms with van der Waals surface area (Å²) in [6.45, 7) is 4.54. The molecule has 26 heavy (non-hydrogen) atoms. The molecule has 6 heteroatoms. The van der Waals surface area contributed by atoms with Gasteiger partial charge in [0.05, 0.1) is 7.11 Å². The molecule has 5 nitrogen and oxygen atoms in total. The van der Waals surface area contributed by atoms with E-state index >= 15 is 0 Å². The summed E-state index contributed by atoms with van der Waals surface area (Å²) in [6, 6.07) is 9.20. The van der Waals surface area contributed by atoms with Crippen LogP contribution < -0.4 is 15.0 Å². The van der Waals surface area contributed by atoms with Gasteiger partial charge in [-0.25, -0.2) is 4.39 Å². The fourth-order valence-electron chi connectivity index (χ4n) is 3.01. The van der Waals surface area contributed by atoms with Crippen molar-refractivity contribution in [3.05, 3.63) is 58.9 Å². The highest BCUT2D eigenvalue weighted by molar-refractivity contribution is 6.04. The number of benzene rings is 2. The lowest BCUT2D eigenvalue weighted by Gasteiger charge is -2.18. The summed E-state index contributed by atoms with van der Waals surface area (Å²) in [5, 5.41) is 2.70. The monoisotopic (exact) mass is 356 g/mol. The summed E-state index contributed by atoms with van der Waals surface area (Å²) < 4.78 is 18.6. The molecule has 3 rings (SSSR count). The summed E-state index contributed by atoms with van der Waals surface area (Å²) >= 11 is 0. The van der Waals surface area contributed by atoms with Crippen molar-refractivity contribution >= 4 is 17.5 Å². The van der Waals surface area contributed by atoms with E-state index in [4.69, 9.17) is 4.74 Å². The first kappa shape index (κ1) is 17.9. The minimum Gasteiger partial charge on any atom is -0.494 e. The van der Waals surface area contributed by atoms with E-state index < -0.39 is 17.8 Å². The van der Waals surface area contributed by atoms with Crippen molar-refractivity contribution in [3.8, 4) is 5.75 Å². The third-order valence-electron chi connectivity index (χ3n) is 4.73. The van der Waals surface area contributed by atoms with Gasteiger partial charge in [0.15, 0.2) is 11.6 Å². The van der Waals surface area contributed by atoms with Gasteiger partial charge in [-0.3, -0.25) is 9.59 Å². The van der Waals surface area contributed by atoms with Crippen molar-refractivity contribution in [2.75, 3.05) is 18.6 Å². The van der Waals surface area contributed by atoms with Gasteiger partial charge < -0.3 is 15.0 Å². The van der Waals surface area contributed by atoms with Crippen LogP contribution in [0, 0.1) is 19.7 Å².